The minimum atomic E-state index is 0.944. The molecule has 10 aromatic carbocycles. The van der Waals surface area contributed by atoms with Gasteiger partial charge in [0.15, 0.2) is 0 Å². The molecule has 2 aromatic heterocycles. The maximum absolute atomic E-state index is 7.04. The summed E-state index contributed by atoms with van der Waals surface area (Å²) < 4.78 is 9.59. The van der Waals surface area contributed by atoms with E-state index in [0.29, 0.717) is 0 Å². The molecule has 2 nitrogen and oxygen atoms in total. The third kappa shape index (κ3) is 3.28. The van der Waals surface area contributed by atoms with Crippen molar-refractivity contribution in [1.29, 1.82) is 0 Å². The van der Waals surface area contributed by atoms with E-state index in [1.54, 1.807) is 0 Å². The number of nitrogens with zero attached hydrogens (tertiary/aromatic N) is 1. The van der Waals surface area contributed by atoms with E-state index in [1.807, 2.05) is 0 Å². The van der Waals surface area contributed by atoms with Crippen LogP contribution in [0.3, 0.4) is 0 Å². The standard InChI is InChI=1S/C48H27NO/c1-3-13-32-28(11-1)21-22-30-27-31(24-26-33(30)32)49-45-38-18-8-6-16-36(38)35-15-5-7-17-37(35)42(45)44-43-41-25-23-29-12-2-4-14-34(29)47(41)50-48(43)40-20-10-9-19-39(40)46(44)49/h1-27H. The highest BCUT2D eigenvalue weighted by atomic mass is 16.3. The van der Waals surface area contributed by atoms with Gasteiger partial charge in [-0.1, -0.05) is 146 Å². The SMILES string of the molecule is c1ccc2c(c1)ccc1cc(-n3c4c5ccccc5c5ccccc5c4c4c5c6ccc7ccccc7c6oc5c5ccccc5c43)ccc12. The molecule has 0 unspecified atom stereocenters. The molecule has 0 radical (unpaired) electrons. The summed E-state index contributed by atoms with van der Waals surface area (Å²) in [6, 6.07) is 59.9. The number of fused-ring (bicyclic) bond motifs is 20. The van der Waals surface area contributed by atoms with Crippen molar-refractivity contribution in [1.82, 2.24) is 4.57 Å². The Morgan fingerprint density at radius 1 is 0.300 bits per heavy atom. The van der Waals surface area contributed by atoms with Crippen molar-refractivity contribution < 1.29 is 4.42 Å². The zero-order chi connectivity index (χ0) is 32.5. The molecule has 50 heavy (non-hydrogen) atoms. The first kappa shape index (κ1) is 26.3. The van der Waals surface area contributed by atoms with Gasteiger partial charge in [0.1, 0.15) is 11.2 Å². The van der Waals surface area contributed by atoms with Crippen molar-refractivity contribution in [2.75, 3.05) is 0 Å². The molecule has 0 bridgehead atoms. The van der Waals surface area contributed by atoms with Crippen molar-refractivity contribution in [3.8, 4) is 5.69 Å². The smallest absolute Gasteiger partial charge is 0.144 e. The Bertz CT molecular complexity index is 3430. The van der Waals surface area contributed by atoms with E-state index in [0.717, 1.165) is 33.0 Å². The lowest BCUT2D eigenvalue weighted by Crippen LogP contribution is -1.96. The van der Waals surface area contributed by atoms with E-state index in [-0.39, 0.29) is 0 Å². The van der Waals surface area contributed by atoms with Gasteiger partial charge in [-0.15, -0.1) is 0 Å². The van der Waals surface area contributed by atoms with E-state index in [4.69, 9.17) is 4.42 Å². The molecule has 2 heterocycles. The molecule has 0 atom stereocenters. The molecule has 0 saturated carbocycles. The summed E-state index contributed by atoms with van der Waals surface area (Å²) in [4.78, 5) is 0. The first-order valence-corrected chi connectivity index (χ1v) is 17.3. The lowest BCUT2D eigenvalue weighted by Gasteiger charge is -2.14. The largest absolute Gasteiger partial charge is 0.455 e. The molecule has 0 aliphatic heterocycles. The first-order valence-electron chi connectivity index (χ1n) is 17.3. The van der Waals surface area contributed by atoms with Crippen molar-refractivity contribution in [2.24, 2.45) is 0 Å². The summed E-state index contributed by atoms with van der Waals surface area (Å²) in [6.07, 6.45) is 0. The highest BCUT2D eigenvalue weighted by Crippen LogP contribution is 2.50. The van der Waals surface area contributed by atoms with Crippen LogP contribution in [0.2, 0.25) is 0 Å². The summed E-state index contributed by atoms with van der Waals surface area (Å²) in [5.74, 6) is 0. The predicted octanol–water partition coefficient (Wildman–Crippen LogP) is 13.6. The van der Waals surface area contributed by atoms with Crippen molar-refractivity contribution in [3.63, 3.8) is 0 Å². The van der Waals surface area contributed by atoms with Gasteiger partial charge in [0.2, 0.25) is 0 Å². The number of rotatable bonds is 1. The van der Waals surface area contributed by atoms with E-state index < -0.39 is 0 Å². The van der Waals surface area contributed by atoms with Crippen LogP contribution in [-0.2, 0) is 0 Å². The number of benzene rings is 10. The molecule has 0 aliphatic carbocycles. The van der Waals surface area contributed by atoms with Crippen LogP contribution in [0, 0.1) is 0 Å². The molecule has 0 spiro atoms. The van der Waals surface area contributed by atoms with E-state index >= 15 is 0 Å². The normalized spacial score (nSPS) is 12.4. The van der Waals surface area contributed by atoms with Crippen LogP contribution in [0.15, 0.2) is 168 Å². The Labute approximate surface area is 286 Å². The van der Waals surface area contributed by atoms with Crippen LogP contribution in [0.1, 0.15) is 0 Å². The van der Waals surface area contributed by atoms with E-state index in [2.05, 4.69) is 168 Å². The minimum absolute atomic E-state index is 0.944. The monoisotopic (exact) mass is 633 g/mol. The molecule has 0 aliphatic rings. The second-order valence-corrected chi connectivity index (χ2v) is 13.6. The van der Waals surface area contributed by atoms with Crippen molar-refractivity contribution >= 4 is 108 Å². The molecule has 0 amide bonds. The maximum atomic E-state index is 7.04. The molecule has 230 valence electrons. The zero-order valence-electron chi connectivity index (χ0n) is 26.9. The Hall–Kier alpha value is -6.64. The Kier molecular flexibility index (Phi) is 5.00. The lowest BCUT2D eigenvalue weighted by atomic mass is 9.94. The van der Waals surface area contributed by atoms with Crippen LogP contribution in [0.25, 0.3) is 114 Å². The van der Waals surface area contributed by atoms with E-state index in [1.165, 1.54) is 81.1 Å². The molecule has 0 saturated heterocycles. The average molecular weight is 634 g/mol. The minimum Gasteiger partial charge on any atom is -0.455 e. The summed E-state index contributed by atoms with van der Waals surface area (Å²) >= 11 is 0. The number of furan rings is 1. The highest BCUT2D eigenvalue weighted by molar-refractivity contribution is 6.43. The summed E-state index contributed by atoms with van der Waals surface area (Å²) in [7, 11) is 0. The number of hydrogen-bond donors (Lipinski definition) is 0. The Morgan fingerprint density at radius 2 is 0.800 bits per heavy atom. The summed E-state index contributed by atoms with van der Waals surface area (Å²) in [6.45, 7) is 0. The Balaban J connectivity index is 1.40. The fourth-order valence-electron chi connectivity index (χ4n) is 9.00. The molecular weight excluding hydrogens is 607 g/mol. The van der Waals surface area contributed by atoms with Crippen LogP contribution < -0.4 is 0 Å². The number of aromatic nitrogens is 1. The second kappa shape index (κ2) is 9.49. The van der Waals surface area contributed by atoms with Crippen molar-refractivity contribution in [2.45, 2.75) is 0 Å². The average Bonchev–Trinajstić information content (AvgIpc) is 3.76. The molecule has 2 heteroatoms. The fraction of sp³-hybridized carbons (Fsp3) is 0. The van der Waals surface area contributed by atoms with Gasteiger partial charge in [-0.05, 0) is 61.3 Å². The molecule has 0 fully saturated rings. The quantitative estimate of drug-likeness (QED) is 0.165. The third-order valence-corrected chi connectivity index (χ3v) is 11.1. The van der Waals surface area contributed by atoms with Gasteiger partial charge in [0, 0.05) is 48.8 Å². The van der Waals surface area contributed by atoms with Gasteiger partial charge < -0.3 is 8.98 Å². The maximum Gasteiger partial charge on any atom is 0.144 e. The van der Waals surface area contributed by atoms with Gasteiger partial charge in [-0.3, -0.25) is 0 Å². The van der Waals surface area contributed by atoms with E-state index in [9.17, 15) is 0 Å². The number of hydrogen-bond acceptors (Lipinski definition) is 1. The zero-order valence-corrected chi connectivity index (χ0v) is 26.9. The van der Waals surface area contributed by atoms with Crippen LogP contribution >= 0.6 is 0 Å². The predicted molar refractivity (Wildman–Crippen MR) is 213 cm³/mol. The first-order chi connectivity index (χ1) is 24.8. The summed E-state index contributed by atoms with van der Waals surface area (Å²) in [5, 5.41) is 19.5. The molecule has 12 rings (SSSR count). The molecular formula is C48H27NO. The van der Waals surface area contributed by atoms with Crippen molar-refractivity contribution in [3.05, 3.63) is 164 Å². The van der Waals surface area contributed by atoms with Gasteiger partial charge >= 0.3 is 0 Å². The topological polar surface area (TPSA) is 18.1 Å². The highest BCUT2D eigenvalue weighted by Gasteiger charge is 2.26. The van der Waals surface area contributed by atoms with Crippen LogP contribution in [0.4, 0.5) is 0 Å². The second-order valence-electron chi connectivity index (χ2n) is 13.6. The Morgan fingerprint density at radius 3 is 1.58 bits per heavy atom. The third-order valence-electron chi connectivity index (χ3n) is 11.1. The fourth-order valence-corrected chi connectivity index (χ4v) is 9.00. The van der Waals surface area contributed by atoms with Gasteiger partial charge in [-0.25, -0.2) is 0 Å². The molecule has 0 N–H and O–H groups in total. The summed E-state index contributed by atoms with van der Waals surface area (Å²) in [5.41, 5.74) is 5.47. The van der Waals surface area contributed by atoms with Gasteiger partial charge in [0.05, 0.1) is 11.0 Å². The van der Waals surface area contributed by atoms with Crippen LogP contribution in [-0.4, -0.2) is 4.57 Å². The van der Waals surface area contributed by atoms with Gasteiger partial charge in [-0.2, -0.15) is 0 Å². The van der Waals surface area contributed by atoms with Gasteiger partial charge in [0.25, 0.3) is 0 Å². The lowest BCUT2D eigenvalue weighted by molar-refractivity contribution is 0.676. The van der Waals surface area contributed by atoms with Crippen LogP contribution in [0.5, 0.6) is 0 Å². The molecule has 12 aromatic rings.